The van der Waals surface area contributed by atoms with Crippen LogP contribution in [-0.2, 0) is 0 Å². The Hall–Kier alpha value is -3.46. The molecule has 27 heavy (non-hydrogen) atoms. The van der Waals surface area contributed by atoms with E-state index in [1.807, 2.05) is 0 Å². The van der Waals surface area contributed by atoms with Gasteiger partial charge in [0.1, 0.15) is 11.5 Å². The van der Waals surface area contributed by atoms with Crippen LogP contribution in [0, 0.1) is 10.1 Å². The van der Waals surface area contributed by atoms with E-state index in [2.05, 4.69) is 10.3 Å². The Morgan fingerprint density at radius 2 is 2.00 bits per heavy atom. The van der Waals surface area contributed by atoms with Gasteiger partial charge in [0.25, 0.3) is 11.6 Å². The largest absolute Gasteiger partial charge is 0.497 e. The fourth-order valence-corrected chi connectivity index (χ4v) is 3.11. The van der Waals surface area contributed by atoms with E-state index >= 15 is 0 Å². The van der Waals surface area contributed by atoms with Crippen molar-refractivity contribution >= 4 is 28.1 Å². The number of non-ortho nitro benzene ring substituents is 1. The average Bonchev–Trinajstić information content (AvgIpc) is 3.16. The molecule has 1 N–H and O–H groups in total. The summed E-state index contributed by atoms with van der Waals surface area (Å²) in [5.74, 6) is 0.534. The van der Waals surface area contributed by atoms with Gasteiger partial charge in [-0.1, -0.05) is 12.1 Å². The van der Waals surface area contributed by atoms with Crippen LogP contribution in [0.2, 0.25) is 0 Å². The van der Waals surface area contributed by atoms with Gasteiger partial charge < -0.3 is 9.47 Å². The molecule has 0 atom stereocenters. The minimum atomic E-state index is -0.465. The molecular weight excluding hydrogens is 370 g/mol. The van der Waals surface area contributed by atoms with Gasteiger partial charge in [0.15, 0.2) is 5.13 Å². The molecule has 0 spiro atoms. The number of hydrogen-bond donors (Lipinski definition) is 1. The Kier molecular flexibility index (Phi) is 5.32. The molecule has 2 aromatic carbocycles. The zero-order valence-corrected chi connectivity index (χ0v) is 15.3. The molecule has 0 fully saturated rings. The van der Waals surface area contributed by atoms with Crippen LogP contribution in [-0.4, -0.2) is 30.0 Å². The summed E-state index contributed by atoms with van der Waals surface area (Å²) in [6.07, 6.45) is 0. The first-order chi connectivity index (χ1) is 13.0. The van der Waals surface area contributed by atoms with Gasteiger partial charge >= 0.3 is 0 Å². The van der Waals surface area contributed by atoms with E-state index in [0.717, 1.165) is 0 Å². The number of rotatable bonds is 6. The van der Waals surface area contributed by atoms with Gasteiger partial charge in [-0.2, -0.15) is 0 Å². The van der Waals surface area contributed by atoms with Crippen LogP contribution in [0.3, 0.4) is 0 Å². The number of carbonyl (C=O) groups excluding carboxylic acids is 1. The highest BCUT2D eigenvalue weighted by Crippen LogP contribution is 2.29. The number of carbonyl (C=O) groups is 1. The minimum Gasteiger partial charge on any atom is -0.497 e. The lowest BCUT2D eigenvalue weighted by molar-refractivity contribution is -0.384. The Morgan fingerprint density at radius 3 is 2.70 bits per heavy atom. The Morgan fingerprint density at radius 1 is 1.19 bits per heavy atom. The van der Waals surface area contributed by atoms with Gasteiger partial charge in [-0.05, 0) is 18.2 Å². The number of nitro groups is 1. The van der Waals surface area contributed by atoms with E-state index in [4.69, 9.17) is 9.47 Å². The second-order valence-electron chi connectivity index (χ2n) is 5.37. The maximum atomic E-state index is 12.6. The maximum Gasteiger partial charge on any atom is 0.270 e. The lowest BCUT2D eigenvalue weighted by Gasteiger charge is -2.09. The van der Waals surface area contributed by atoms with E-state index in [1.54, 1.807) is 35.7 Å². The predicted octanol–water partition coefficient (Wildman–Crippen LogP) is 3.99. The van der Waals surface area contributed by atoms with Crippen LogP contribution >= 0.6 is 11.3 Å². The van der Waals surface area contributed by atoms with Gasteiger partial charge in [0.2, 0.25) is 0 Å². The monoisotopic (exact) mass is 385 g/mol. The summed E-state index contributed by atoms with van der Waals surface area (Å²) >= 11 is 1.22. The summed E-state index contributed by atoms with van der Waals surface area (Å²) in [7, 11) is 2.98. The molecule has 0 aliphatic rings. The second kappa shape index (κ2) is 7.83. The zero-order chi connectivity index (χ0) is 19.4. The molecule has 0 radical (unpaired) electrons. The number of hydrogen-bond acceptors (Lipinski definition) is 7. The predicted molar refractivity (Wildman–Crippen MR) is 102 cm³/mol. The van der Waals surface area contributed by atoms with Crippen LogP contribution in [0.5, 0.6) is 11.5 Å². The summed E-state index contributed by atoms with van der Waals surface area (Å²) < 4.78 is 10.4. The van der Waals surface area contributed by atoms with Crippen LogP contribution in [0.1, 0.15) is 10.4 Å². The summed E-state index contributed by atoms with van der Waals surface area (Å²) in [5, 5.41) is 15.7. The van der Waals surface area contributed by atoms with Crippen LogP contribution in [0.25, 0.3) is 11.3 Å². The highest BCUT2D eigenvalue weighted by atomic mass is 32.1. The fraction of sp³-hybridized carbons (Fsp3) is 0.111. The number of nitro benzene ring substituents is 1. The van der Waals surface area contributed by atoms with Crippen LogP contribution in [0.4, 0.5) is 10.8 Å². The fourth-order valence-electron chi connectivity index (χ4n) is 2.40. The molecular formula is C18H15N3O5S. The van der Waals surface area contributed by atoms with Crippen molar-refractivity contribution in [1.82, 2.24) is 4.98 Å². The molecule has 138 valence electrons. The number of thiazole rings is 1. The molecule has 0 aliphatic carbocycles. The van der Waals surface area contributed by atoms with Crippen molar-refractivity contribution in [3.63, 3.8) is 0 Å². The lowest BCUT2D eigenvalue weighted by Crippen LogP contribution is -2.13. The first kappa shape index (κ1) is 18.3. The number of benzene rings is 2. The van der Waals surface area contributed by atoms with Crippen LogP contribution < -0.4 is 14.8 Å². The van der Waals surface area contributed by atoms with E-state index in [1.165, 1.54) is 37.7 Å². The smallest absolute Gasteiger partial charge is 0.270 e. The third-order valence-corrected chi connectivity index (χ3v) is 4.49. The molecule has 0 saturated heterocycles. The molecule has 1 amide bonds. The maximum absolute atomic E-state index is 12.6. The number of nitrogens with zero attached hydrogens (tertiary/aromatic N) is 2. The highest BCUT2D eigenvalue weighted by Gasteiger charge is 2.16. The summed E-state index contributed by atoms with van der Waals surface area (Å²) in [4.78, 5) is 27.4. The van der Waals surface area contributed by atoms with Crippen molar-refractivity contribution in [2.24, 2.45) is 0 Å². The molecule has 0 bridgehead atoms. The van der Waals surface area contributed by atoms with Crippen molar-refractivity contribution in [1.29, 1.82) is 0 Å². The standard InChI is InChI=1S/C18H15N3O5S/c1-25-13-6-7-16(26-2)14(9-13)17(22)20-18-19-15(10-27-18)11-4-3-5-12(8-11)21(23)24/h3-10H,1-2H3,(H,19,20,22). The number of amides is 1. The Balaban J connectivity index is 1.83. The second-order valence-corrected chi connectivity index (χ2v) is 6.22. The molecule has 0 unspecified atom stereocenters. The first-order valence-corrected chi connectivity index (χ1v) is 8.63. The van der Waals surface area contributed by atoms with E-state index < -0.39 is 10.8 Å². The Bertz CT molecular complexity index is 1000. The summed E-state index contributed by atoms with van der Waals surface area (Å²) in [6, 6.07) is 11.1. The first-order valence-electron chi connectivity index (χ1n) is 7.75. The summed E-state index contributed by atoms with van der Waals surface area (Å²) in [6.45, 7) is 0. The number of anilines is 1. The van der Waals surface area contributed by atoms with Crippen molar-refractivity contribution in [2.75, 3.05) is 19.5 Å². The molecule has 8 nitrogen and oxygen atoms in total. The third-order valence-electron chi connectivity index (χ3n) is 3.73. The number of methoxy groups -OCH3 is 2. The minimum absolute atomic E-state index is 0.0211. The molecule has 0 aliphatic heterocycles. The van der Waals surface area contributed by atoms with Crippen molar-refractivity contribution < 1.29 is 19.2 Å². The number of aromatic nitrogens is 1. The van der Waals surface area contributed by atoms with E-state index in [0.29, 0.717) is 33.5 Å². The zero-order valence-electron chi connectivity index (χ0n) is 14.5. The molecule has 1 heterocycles. The number of nitrogens with one attached hydrogen (secondary N) is 1. The average molecular weight is 385 g/mol. The molecule has 3 rings (SSSR count). The van der Waals surface area contributed by atoms with Gasteiger partial charge in [0, 0.05) is 23.1 Å². The van der Waals surface area contributed by atoms with Crippen molar-refractivity contribution in [3.05, 3.63) is 63.5 Å². The van der Waals surface area contributed by atoms with Crippen molar-refractivity contribution in [2.45, 2.75) is 0 Å². The highest BCUT2D eigenvalue weighted by molar-refractivity contribution is 7.14. The van der Waals surface area contributed by atoms with E-state index in [-0.39, 0.29) is 5.69 Å². The topological polar surface area (TPSA) is 104 Å². The van der Waals surface area contributed by atoms with Gasteiger partial charge in [0.05, 0.1) is 30.4 Å². The van der Waals surface area contributed by atoms with Gasteiger partial charge in [-0.3, -0.25) is 20.2 Å². The van der Waals surface area contributed by atoms with Gasteiger partial charge in [-0.25, -0.2) is 4.98 Å². The molecule has 1 aromatic heterocycles. The Labute approximate surface area is 158 Å². The molecule has 0 saturated carbocycles. The van der Waals surface area contributed by atoms with Crippen molar-refractivity contribution in [3.8, 4) is 22.8 Å². The van der Waals surface area contributed by atoms with Crippen LogP contribution in [0.15, 0.2) is 47.8 Å². The lowest BCUT2D eigenvalue weighted by atomic mass is 10.1. The summed E-state index contributed by atoms with van der Waals surface area (Å²) in [5.41, 5.74) is 1.42. The molecule has 9 heteroatoms. The third kappa shape index (κ3) is 4.04. The SMILES string of the molecule is COc1ccc(OC)c(C(=O)Nc2nc(-c3cccc([N+](=O)[O-])c3)cs2)c1. The van der Waals surface area contributed by atoms with E-state index in [9.17, 15) is 14.9 Å². The molecule has 3 aromatic rings. The quantitative estimate of drug-likeness (QED) is 0.508. The van der Waals surface area contributed by atoms with Gasteiger partial charge in [-0.15, -0.1) is 11.3 Å². The number of ether oxygens (including phenoxy) is 2. The normalized spacial score (nSPS) is 10.3.